The molecule has 1 atom stereocenters. The van der Waals surface area contributed by atoms with E-state index in [0.29, 0.717) is 6.04 Å². The van der Waals surface area contributed by atoms with E-state index in [1.807, 2.05) is 6.07 Å². The molecule has 1 aliphatic rings. The highest BCUT2D eigenvalue weighted by atomic mass is 16.5. The van der Waals surface area contributed by atoms with Crippen LogP contribution in [0.25, 0.3) is 0 Å². The molecule has 1 aliphatic heterocycles. The van der Waals surface area contributed by atoms with Gasteiger partial charge in [-0.2, -0.15) is 0 Å². The Bertz CT molecular complexity index is 229. The third kappa shape index (κ3) is 1.65. The van der Waals surface area contributed by atoms with Crippen molar-refractivity contribution in [3.8, 4) is 0 Å². The summed E-state index contributed by atoms with van der Waals surface area (Å²) in [5.74, 6) is 0. The average Bonchev–Trinajstić information content (AvgIpc) is 2.21. The number of benzene rings is 1. The predicted molar refractivity (Wildman–Crippen MR) is 48.0 cm³/mol. The number of rotatable bonds is 1. The van der Waals surface area contributed by atoms with Gasteiger partial charge < -0.3 is 10.1 Å². The lowest BCUT2D eigenvalue weighted by molar-refractivity contribution is 0.0769. The van der Waals surface area contributed by atoms with Gasteiger partial charge in [0.05, 0.1) is 19.3 Å². The maximum absolute atomic E-state index is 5.37. The van der Waals surface area contributed by atoms with Crippen molar-refractivity contribution >= 4 is 0 Å². The molecule has 1 aromatic rings. The Morgan fingerprint density at radius 3 is 2.75 bits per heavy atom. The molecular formula is C10H13NO. The lowest BCUT2D eigenvalue weighted by atomic mass is 10.1. The minimum atomic E-state index is 0.389. The molecule has 2 heteroatoms. The van der Waals surface area contributed by atoms with Crippen molar-refractivity contribution in [3.05, 3.63) is 35.9 Å². The van der Waals surface area contributed by atoms with Crippen molar-refractivity contribution in [1.29, 1.82) is 0 Å². The first-order valence-electron chi connectivity index (χ1n) is 4.33. The molecule has 1 heterocycles. The normalized spacial score (nSPS) is 23.8. The summed E-state index contributed by atoms with van der Waals surface area (Å²) in [6.45, 7) is 2.59. The van der Waals surface area contributed by atoms with Crippen LogP contribution in [0.15, 0.2) is 30.3 Å². The zero-order chi connectivity index (χ0) is 8.23. The molecule has 64 valence electrons. The lowest BCUT2D eigenvalue weighted by Gasteiger charge is -2.23. The Hall–Kier alpha value is -0.860. The molecule has 1 N–H and O–H groups in total. The Labute approximate surface area is 72.5 Å². The Kier molecular flexibility index (Phi) is 2.39. The number of hydrogen-bond acceptors (Lipinski definition) is 2. The molecule has 0 bridgehead atoms. The molecule has 0 aromatic heterocycles. The van der Waals surface area contributed by atoms with Crippen LogP contribution in [-0.4, -0.2) is 19.8 Å². The van der Waals surface area contributed by atoms with Gasteiger partial charge in [0, 0.05) is 6.54 Å². The van der Waals surface area contributed by atoms with Crippen molar-refractivity contribution < 1.29 is 4.74 Å². The second kappa shape index (κ2) is 3.70. The molecule has 0 aliphatic carbocycles. The zero-order valence-corrected chi connectivity index (χ0v) is 6.99. The Balaban J connectivity index is 2.08. The van der Waals surface area contributed by atoms with Crippen molar-refractivity contribution in [2.75, 3.05) is 19.8 Å². The van der Waals surface area contributed by atoms with E-state index >= 15 is 0 Å². The van der Waals surface area contributed by atoms with Crippen LogP contribution in [0.2, 0.25) is 0 Å². The van der Waals surface area contributed by atoms with Crippen LogP contribution in [0.4, 0.5) is 0 Å². The number of hydrogen-bond donors (Lipinski definition) is 1. The zero-order valence-electron chi connectivity index (χ0n) is 6.99. The highest BCUT2D eigenvalue weighted by Crippen LogP contribution is 2.14. The second-order valence-electron chi connectivity index (χ2n) is 2.99. The van der Waals surface area contributed by atoms with Gasteiger partial charge in [0.2, 0.25) is 0 Å². The predicted octanol–water partition coefficient (Wildman–Crippen LogP) is 1.35. The molecule has 12 heavy (non-hydrogen) atoms. The summed E-state index contributed by atoms with van der Waals surface area (Å²) in [4.78, 5) is 0. The summed E-state index contributed by atoms with van der Waals surface area (Å²) in [7, 11) is 0. The molecule has 1 fully saturated rings. The summed E-state index contributed by atoms with van der Waals surface area (Å²) < 4.78 is 5.37. The van der Waals surface area contributed by atoms with E-state index in [-0.39, 0.29) is 0 Å². The van der Waals surface area contributed by atoms with E-state index in [1.54, 1.807) is 0 Å². The summed E-state index contributed by atoms with van der Waals surface area (Å²) >= 11 is 0. The van der Waals surface area contributed by atoms with Gasteiger partial charge in [-0.05, 0) is 5.56 Å². The number of ether oxygens (including phenoxy) is 1. The molecule has 0 radical (unpaired) electrons. The summed E-state index contributed by atoms with van der Waals surface area (Å²) in [5, 5.41) is 3.41. The topological polar surface area (TPSA) is 21.3 Å². The summed E-state index contributed by atoms with van der Waals surface area (Å²) in [5.41, 5.74) is 1.32. The highest BCUT2D eigenvalue weighted by Gasteiger charge is 2.13. The van der Waals surface area contributed by atoms with Crippen LogP contribution in [0, 0.1) is 0 Å². The third-order valence-electron chi connectivity index (χ3n) is 2.12. The van der Waals surface area contributed by atoms with Crippen LogP contribution in [0.1, 0.15) is 11.6 Å². The lowest BCUT2D eigenvalue weighted by Crippen LogP contribution is -2.34. The smallest absolute Gasteiger partial charge is 0.0662 e. The Morgan fingerprint density at radius 2 is 2.08 bits per heavy atom. The van der Waals surface area contributed by atoms with Crippen LogP contribution >= 0.6 is 0 Å². The first-order chi connectivity index (χ1) is 5.97. The van der Waals surface area contributed by atoms with E-state index in [2.05, 4.69) is 29.6 Å². The molecule has 0 unspecified atom stereocenters. The first-order valence-corrected chi connectivity index (χ1v) is 4.33. The minimum absolute atomic E-state index is 0.389. The standard InChI is InChI=1S/C10H13NO/c1-2-4-9(5-3-1)10-8-12-7-6-11-10/h1-5,10-11H,6-8H2/t10-/m0/s1. The summed E-state index contributed by atoms with van der Waals surface area (Å²) in [6.07, 6.45) is 0. The van der Waals surface area contributed by atoms with Gasteiger partial charge in [-0.3, -0.25) is 0 Å². The van der Waals surface area contributed by atoms with Crippen LogP contribution in [-0.2, 0) is 4.74 Å². The average molecular weight is 163 g/mol. The Morgan fingerprint density at radius 1 is 1.25 bits per heavy atom. The van der Waals surface area contributed by atoms with Gasteiger partial charge in [0.25, 0.3) is 0 Å². The molecule has 0 amide bonds. The van der Waals surface area contributed by atoms with Crippen LogP contribution in [0.5, 0.6) is 0 Å². The maximum atomic E-state index is 5.37. The molecule has 1 saturated heterocycles. The van der Waals surface area contributed by atoms with Gasteiger partial charge in [-0.25, -0.2) is 0 Å². The molecule has 0 spiro atoms. The van der Waals surface area contributed by atoms with Crippen molar-refractivity contribution in [1.82, 2.24) is 5.32 Å². The fraction of sp³-hybridized carbons (Fsp3) is 0.400. The van der Waals surface area contributed by atoms with E-state index in [0.717, 1.165) is 19.8 Å². The molecular weight excluding hydrogens is 150 g/mol. The number of nitrogens with one attached hydrogen (secondary N) is 1. The van der Waals surface area contributed by atoms with Gasteiger partial charge in [-0.1, -0.05) is 30.3 Å². The second-order valence-corrected chi connectivity index (χ2v) is 2.99. The maximum Gasteiger partial charge on any atom is 0.0662 e. The summed E-state index contributed by atoms with van der Waals surface area (Å²) in [6, 6.07) is 10.8. The fourth-order valence-electron chi connectivity index (χ4n) is 1.46. The van der Waals surface area contributed by atoms with Gasteiger partial charge in [0.15, 0.2) is 0 Å². The monoisotopic (exact) mass is 163 g/mol. The van der Waals surface area contributed by atoms with Gasteiger partial charge in [-0.15, -0.1) is 0 Å². The van der Waals surface area contributed by atoms with E-state index in [9.17, 15) is 0 Å². The fourth-order valence-corrected chi connectivity index (χ4v) is 1.46. The van der Waals surface area contributed by atoms with Crippen LogP contribution < -0.4 is 5.32 Å². The number of morpholine rings is 1. The van der Waals surface area contributed by atoms with Crippen LogP contribution in [0.3, 0.4) is 0 Å². The van der Waals surface area contributed by atoms with Crippen molar-refractivity contribution in [3.63, 3.8) is 0 Å². The molecule has 0 saturated carbocycles. The minimum Gasteiger partial charge on any atom is -0.378 e. The quantitative estimate of drug-likeness (QED) is 0.674. The van der Waals surface area contributed by atoms with E-state index in [1.165, 1.54) is 5.56 Å². The van der Waals surface area contributed by atoms with Gasteiger partial charge in [0.1, 0.15) is 0 Å². The van der Waals surface area contributed by atoms with Crippen molar-refractivity contribution in [2.24, 2.45) is 0 Å². The van der Waals surface area contributed by atoms with E-state index < -0.39 is 0 Å². The third-order valence-corrected chi connectivity index (χ3v) is 2.12. The SMILES string of the molecule is c1ccc([C@@H]2COCCN2)cc1. The van der Waals surface area contributed by atoms with Crippen molar-refractivity contribution in [2.45, 2.75) is 6.04 Å². The molecule has 2 rings (SSSR count). The highest BCUT2D eigenvalue weighted by molar-refractivity contribution is 5.19. The molecule has 1 aromatic carbocycles. The largest absolute Gasteiger partial charge is 0.378 e. The van der Waals surface area contributed by atoms with Gasteiger partial charge >= 0.3 is 0 Å². The van der Waals surface area contributed by atoms with E-state index in [4.69, 9.17) is 4.74 Å². The first kappa shape index (κ1) is 7.77. The molecule has 2 nitrogen and oxygen atoms in total.